The molecule has 1 amide bonds. The average Bonchev–Trinajstić information content (AvgIpc) is 2.59. The van der Waals surface area contributed by atoms with Gasteiger partial charge in [-0.3, -0.25) is 4.79 Å². The van der Waals surface area contributed by atoms with E-state index in [1.807, 2.05) is 0 Å². The number of hydrogen-bond acceptors (Lipinski definition) is 8. The van der Waals surface area contributed by atoms with Crippen LogP contribution in [0.5, 0.6) is 0 Å². The van der Waals surface area contributed by atoms with Crippen LogP contribution in [0.4, 0.5) is 0 Å². The van der Waals surface area contributed by atoms with Crippen molar-refractivity contribution in [1.82, 2.24) is 4.90 Å². The molecule has 2 heterocycles. The molecular formula is C12H18BrNO8S2. The average molecular weight is 448 g/mol. The Hall–Kier alpha value is -0.720. The van der Waals surface area contributed by atoms with Crippen molar-refractivity contribution >= 4 is 47.8 Å². The molecule has 9 nitrogen and oxygen atoms in total. The van der Waals surface area contributed by atoms with Crippen LogP contribution in [0.3, 0.4) is 0 Å². The van der Waals surface area contributed by atoms with Gasteiger partial charge in [-0.1, -0.05) is 15.9 Å². The first-order valence-electron chi connectivity index (χ1n) is 7.01. The van der Waals surface area contributed by atoms with Crippen molar-refractivity contribution in [3.8, 4) is 0 Å². The van der Waals surface area contributed by atoms with Crippen molar-refractivity contribution in [2.45, 2.75) is 53.9 Å². The number of carbonyl (C=O) groups excluding carboxylic acids is 2. The number of alkyl halides is 1. The molecule has 2 fully saturated rings. The van der Waals surface area contributed by atoms with E-state index in [1.54, 1.807) is 0 Å². The van der Waals surface area contributed by atoms with Crippen LogP contribution in [0.1, 0.15) is 27.7 Å². The second-order valence-electron chi connectivity index (χ2n) is 6.33. The molecule has 2 aliphatic rings. The molecule has 0 N–H and O–H groups in total. The van der Waals surface area contributed by atoms with Gasteiger partial charge in [0.1, 0.15) is 15.6 Å². The molecule has 138 valence electrons. The zero-order valence-electron chi connectivity index (χ0n) is 13.4. The normalized spacial score (nSPS) is 30.8. The van der Waals surface area contributed by atoms with Gasteiger partial charge in [-0.05, 0) is 27.7 Å². The Balaban J connectivity index is 2.16. The van der Waals surface area contributed by atoms with Crippen LogP contribution in [0.25, 0.3) is 0 Å². The molecule has 0 unspecified atom stereocenters. The van der Waals surface area contributed by atoms with Crippen molar-refractivity contribution in [2.75, 3.05) is 6.79 Å². The summed E-state index contributed by atoms with van der Waals surface area (Å²) in [6, 6.07) is -1.36. The zero-order valence-corrected chi connectivity index (χ0v) is 16.6. The van der Waals surface area contributed by atoms with E-state index >= 15 is 0 Å². The third-order valence-corrected chi connectivity index (χ3v) is 9.86. The van der Waals surface area contributed by atoms with Crippen molar-refractivity contribution in [2.24, 2.45) is 0 Å². The van der Waals surface area contributed by atoms with E-state index in [0.29, 0.717) is 0 Å². The molecule has 2 aliphatic heterocycles. The highest BCUT2D eigenvalue weighted by Gasteiger charge is 2.71. The van der Waals surface area contributed by atoms with Gasteiger partial charge in [0.05, 0.1) is 5.25 Å². The lowest BCUT2D eigenvalue weighted by molar-refractivity contribution is -0.165. The van der Waals surface area contributed by atoms with Gasteiger partial charge in [0, 0.05) is 0 Å². The van der Waals surface area contributed by atoms with Gasteiger partial charge in [0.25, 0.3) is 10.1 Å². The number of β-lactam (4-membered cyclic amide) rings is 1. The summed E-state index contributed by atoms with van der Waals surface area (Å²) in [5.74, 6) is -1.57. The second-order valence-corrected chi connectivity index (χ2v) is 12.1. The number of rotatable bonds is 5. The number of hydrogen-bond donors (Lipinski definition) is 0. The zero-order chi connectivity index (χ0) is 18.7. The fourth-order valence-electron chi connectivity index (χ4n) is 2.59. The molecule has 24 heavy (non-hydrogen) atoms. The number of halogens is 1. The van der Waals surface area contributed by atoms with Crippen LogP contribution in [-0.4, -0.2) is 66.6 Å². The van der Waals surface area contributed by atoms with Gasteiger partial charge in [0.2, 0.25) is 12.7 Å². The lowest BCUT2D eigenvalue weighted by Gasteiger charge is -2.40. The number of sulfone groups is 1. The predicted octanol–water partition coefficient (Wildman–Crippen LogP) is -0.251. The highest BCUT2D eigenvalue weighted by atomic mass is 79.9. The summed E-state index contributed by atoms with van der Waals surface area (Å²) in [4.78, 5) is 24.3. The molecule has 2 rings (SSSR count). The van der Waals surface area contributed by atoms with Gasteiger partial charge < -0.3 is 9.64 Å². The van der Waals surface area contributed by atoms with Crippen LogP contribution >= 0.6 is 15.9 Å². The van der Waals surface area contributed by atoms with Gasteiger partial charge in [-0.2, -0.15) is 8.42 Å². The lowest BCUT2D eigenvalue weighted by Crippen LogP contribution is -2.64. The maximum atomic E-state index is 12.5. The van der Waals surface area contributed by atoms with Gasteiger partial charge >= 0.3 is 5.97 Å². The summed E-state index contributed by atoms with van der Waals surface area (Å²) >= 11 is 3.00. The molecule has 0 aromatic carbocycles. The first kappa shape index (κ1) is 19.6. The topological polar surface area (TPSA) is 124 Å². The Morgan fingerprint density at radius 1 is 1.38 bits per heavy atom. The number of esters is 1. The van der Waals surface area contributed by atoms with Crippen molar-refractivity contribution in [1.29, 1.82) is 0 Å². The van der Waals surface area contributed by atoms with E-state index in [-0.39, 0.29) is 0 Å². The molecule has 0 radical (unpaired) electrons. The van der Waals surface area contributed by atoms with Gasteiger partial charge in [-0.25, -0.2) is 17.4 Å². The number of ether oxygens (including phenoxy) is 1. The van der Waals surface area contributed by atoms with Crippen LogP contribution in [0.2, 0.25) is 0 Å². The molecule has 0 saturated carbocycles. The van der Waals surface area contributed by atoms with Crippen molar-refractivity contribution < 1.29 is 35.3 Å². The van der Waals surface area contributed by atoms with Crippen molar-refractivity contribution in [3.05, 3.63) is 0 Å². The highest BCUT2D eigenvalue weighted by Crippen LogP contribution is 2.48. The van der Waals surface area contributed by atoms with E-state index in [4.69, 9.17) is 4.74 Å². The summed E-state index contributed by atoms with van der Waals surface area (Å²) in [6.07, 6.45) is 0. The largest absolute Gasteiger partial charge is 0.436 e. The molecule has 3 atom stereocenters. The summed E-state index contributed by atoms with van der Waals surface area (Å²) < 4.78 is 55.8. The molecule has 12 heteroatoms. The second kappa shape index (κ2) is 5.92. The molecule has 0 spiro atoms. The monoisotopic (exact) mass is 447 g/mol. The molecular weight excluding hydrogens is 430 g/mol. The van der Waals surface area contributed by atoms with E-state index in [2.05, 4.69) is 20.1 Å². The first-order valence-corrected chi connectivity index (χ1v) is 10.9. The Kier molecular flexibility index (Phi) is 4.84. The van der Waals surface area contributed by atoms with E-state index in [1.165, 1.54) is 27.7 Å². The minimum atomic E-state index is -3.88. The Morgan fingerprint density at radius 2 is 1.92 bits per heavy atom. The lowest BCUT2D eigenvalue weighted by atomic mass is 9.98. The molecule has 0 bridgehead atoms. The Labute approximate surface area is 148 Å². The summed E-state index contributed by atoms with van der Waals surface area (Å²) in [7, 11) is -7.69. The summed E-state index contributed by atoms with van der Waals surface area (Å²) in [5.41, 5.74) is 0. The quantitative estimate of drug-likeness (QED) is 0.185. The molecule has 0 aromatic heterocycles. The van der Waals surface area contributed by atoms with Crippen LogP contribution in [0, 0.1) is 0 Å². The molecule has 2 saturated heterocycles. The maximum Gasteiger partial charge on any atom is 0.332 e. The fraction of sp³-hybridized carbons (Fsp3) is 0.833. The third-order valence-electron chi connectivity index (χ3n) is 4.22. The van der Waals surface area contributed by atoms with Gasteiger partial charge in [-0.15, -0.1) is 0 Å². The Morgan fingerprint density at radius 3 is 2.42 bits per heavy atom. The van der Waals surface area contributed by atoms with Gasteiger partial charge in [0.15, 0.2) is 15.2 Å². The minimum absolute atomic E-state index is 0.535. The Bertz CT molecular complexity index is 773. The number of carbonyl (C=O) groups is 2. The van der Waals surface area contributed by atoms with E-state index in [0.717, 1.165) is 4.90 Å². The summed E-state index contributed by atoms with van der Waals surface area (Å²) in [5, 5.41) is -1.96. The smallest absolute Gasteiger partial charge is 0.332 e. The van der Waals surface area contributed by atoms with Crippen molar-refractivity contribution in [3.63, 3.8) is 0 Å². The minimum Gasteiger partial charge on any atom is -0.436 e. The van der Waals surface area contributed by atoms with Crippen LogP contribution < -0.4 is 0 Å². The first-order chi connectivity index (χ1) is 10.8. The molecule has 0 aliphatic carbocycles. The standard InChI is InChI=1S/C12H18BrNO8S2/c1-6(2)24(19,20)22-5-21-11(16)8-12(3,4)23(17,18)10-7(13)9(15)14(8)10/h6-8,10H,5H2,1-4H3/t7-,8-,10+/m0/s1. The van der Waals surface area contributed by atoms with Crippen LogP contribution in [-0.2, 0) is 38.5 Å². The number of amides is 1. The highest BCUT2D eigenvalue weighted by molar-refractivity contribution is 9.10. The van der Waals surface area contributed by atoms with E-state index < -0.39 is 64.9 Å². The maximum absolute atomic E-state index is 12.5. The fourth-order valence-corrected chi connectivity index (χ4v) is 6.49. The molecule has 0 aromatic rings. The predicted molar refractivity (Wildman–Crippen MR) is 86.2 cm³/mol. The third kappa shape index (κ3) is 2.67. The van der Waals surface area contributed by atoms with E-state index in [9.17, 15) is 26.4 Å². The number of fused-ring (bicyclic) bond motifs is 1. The van der Waals surface area contributed by atoms with Crippen LogP contribution in [0.15, 0.2) is 0 Å². The SMILES string of the molecule is CC(C)S(=O)(=O)OCOC(=O)[C@@H]1N2C(=O)[C@H](Br)[C@H]2S(=O)(=O)C1(C)C. The number of nitrogens with zero attached hydrogens (tertiary/aromatic N) is 1. The summed E-state index contributed by atoms with van der Waals surface area (Å²) in [6.45, 7) is 4.56.